The minimum atomic E-state index is 0.841. The average Bonchev–Trinajstić information content (AvgIpc) is 2.90. The molecule has 0 amide bonds. The average molecular weight is 266 g/mol. The fourth-order valence-electron chi connectivity index (χ4n) is 2.20. The summed E-state index contributed by atoms with van der Waals surface area (Å²) < 4.78 is 12.8. The van der Waals surface area contributed by atoms with Crippen LogP contribution >= 0.6 is 0 Å². The maximum atomic E-state index is 5.80. The van der Waals surface area contributed by atoms with E-state index in [1.54, 1.807) is 11.8 Å². The van der Waals surface area contributed by atoms with Gasteiger partial charge in [-0.05, 0) is 41.1 Å². The lowest BCUT2D eigenvalue weighted by atomic mass is 10.1. The summed E-state index contributed by atoms with van der Waals surface area (Å²) in [6.07, 6.45) is 0. The number of hydrogen-bond donors (Lipinski definition) is 0. The Morgan fingerprint density at radius 1 is 0.900 bits per heavy atom. The molecule has 0 saturated carbocycles. The van der Waals surface area contributed by atoms with Gasteiger partial charge in [0.05, 0.1) is 18.7 Å². The molecule has 0 unspecified atom stereocenters. The molecule has 0 aliphatic rings. The standard InChI is InChI=1S/C17H16NO2/c1-18-16(13-6-4-3-5-7-13)12-17(20-18)14-8-10-15(19-2)11-9-14/h3-12H,1-2H3/q+1. The van der Waals surface area contributed by atoms with Crippen LogP contribution in [0.15, 0.2) is 65.2 Å². The molecule has 100 valence electrons. The fraction of sp³-hybridized carbons (Fsp3) is 0.118. The topological polar surface area (TPSA) is 26.2 Å². The van der Waals surface area contributed by atoms with Gasteiger partial charge < -0.3 is 4.74 Å². The zero-order valence-electron chi connectivity index (χ0n) is 11.5. The highest BCUT2D eigenvalue weighted by Gasteiger charge is 2.18. The third-order valence-corrected chi connectivity index (χ3v) is 3.29. The summed E-state index contributed by atoms with van der Waals surface area (Å²) in [6.45, 7) is 0. The van der Waals surface area contributed by atoms with Crippen LogP contribution in [0.3, 0.4) is 0 Å². The molecule has 0 N–H and O–H groups in total. The van der Waals surface area contributed by atoms with E-state index in [0.717, 1.165) is 28.3 Å². The van der Waals surface area contributed by atoms with E-state index in [1.165, 1.54) is 0 Å². The van der Waals surface area contributed by atoms with Crippen LogP contribution in [-0.4, -0.2) is 7.11 Å². The molecule has 2 aromatic carbocycles. The van der Waals surface area contributed by atoms with E-state index >= 15 is 0 Å². The number of methoxy groups -OCH3 is 1. The SMILES string of the molecule is COc1ccc(-c2cc(-c3ccccc3)[n+](C)o2)cc1. The smallest absolute Gasteiger partial charge is 0.262 e. The quantitative estimate of drug-likeness (QED) is 0.679. The summed E-state index contributed by atoms with van der Waals surface area (Å²) in [6, 6.07) is 20.1. The van der Waals surface area contributed by atoms with Crippen LogP contribution < -0.4 is 9.48 Å². The molecule has 3 heteroatoms. The maximum Gasteiger partial charge on any atom is 0.262 e. The number of nitrogens with zero attached hydrogens (tertiary/aromatic N) is 1. The Kier molecular flexibility index (Phi) is 3.25. The van der Waals surface area contributed by atoms with E-state index < -0.39 is 0 Å². The number of hydrogen-bond acceptors (Lipinski definition) is 2. The summed E-state index contributed by atoms with van der Waals surface area (Å²) in [5.41, 5.74) is 3.22. The van der Waals surface area contributed by atoms with E-state index in [4.69, 9.17) is 9.26 Å². The van der Waals surface area contributed by atoms with Gasteiger partial charge in [0, 0.05) is 5.56 Å². The Balaban J connectivity index is 2.00. The second kappa shape index (κ2) is 5.21. The monoisotopic (exact) mass is 266 g/mol. The van der Waals surface area contributed by atoms with Crippen LogP contribution in [0.1, 0.15) is 0 Å². The molecule has 20 heavy (non-hydrogen) atoms. The third kappa shape index (κ3) is 2.30. The molecule has 3 aromatic rings. The van der Waals surface area contributed by atoms with Crippen molar-refractivity contribution in [3.05, 3.63) is 60.7 Å². The summed E-state index contributed by atoms with van der Waals surface area (Å²) in [5, 5.41) is 0. The number of aryl methyl sites for hydroxylation is 1. The second-order valence-electron chi connectivity index (χ2n) is 4.58. The van der Waals surface area contributed by atoms with Crippen LogP contribution in [0, 0.1) is 0 Å². The number of rotatable bonds is 3. The first-order valence-corrected chi connectivity index (χ1v) is 6.48. The van der Waals surface area contributed by atoms with E-state index in [1.807, 2.05) is 49.5 Å². The zero-order valence-corrected chi connectivity index (χ0v) is 11.5. The van der Waals surface area contributed by atoms with Crippen LogP contribution in [0.5, 0.6) is 5.75 Å². The lowest BCUT2D eigenvalue weighted by Crippen LogP contribution is -2.26. The minimum Gasteiger partial charge on any atom is -0.497 e. The first-order valence-electron chi connectivity index (χ1n) is 6.48. The highest BCUT2D eigenvalue weighted by atomic mass is 16.5. The van der Waals surface area contributed by atoms with Crippen molar-refractivity contribution in [2.75, 3.05) is 7.11 Å². The van der Waals surface area contributed by atoms with Gasteiger partial charge in [0.25, 0.3) is 5.69 Å². The van der Waals surface area contributed by atoms with Crippen molar-refractivity contribution in [1.29, 1.82) is 0 Å². The van der Waals surface area contributed by atoms with E-state index in [-0.39, 0.29) is 0 Å². The molecule has 0 spiro atoms. The molecule has 0 fully saturated rings. The number of benzene rings is 2. The molecular weight excluding hydrogens is 250 g/mol. The highest BCUT2D eigenvalue weighted by Crippen LogP contribution is 2.25. The molecule has 3 rings (SSSR count). The van der Waals surface area contributed by atoms with Gasteiger partial charge in [-0.1, -0.05) is 18.2 Å². The maximum absolute atomic E-state index is 5.80. The van der Waals surface area contributed by atoms with Crippen molar-refractivity contribution in [2.45, 2.75) is 0 Å². The predicted octanol–water partition coefficient (Wildman–Crippen LogP) is 3.45. The Hall–Kier alpha value is -2.55. The van der Waals surface area contributed by atoms with Crippen LogP contribution in [0.2, 0.25) is 0 Å². The second-order valence-corrected chi connectivity index (χ2v) is 4.58. The number of ether oxygens (including phenoxy) is 1. The molecule has 1 aromatic heterocycles. The third-order valence-electron chi connectivity index (χ3n) is 3.29. The van der Waals surface area contributed by atoms with E-state index in [2.05, 4.69) is 18.2 Å². The summed E-state index contributed by atoms with van der Waals surface area (Å²) in [5.74, 6) is 1.68. The van der Waals surface area contributed by atoms with Crippen molar-refractivity contribution in [3.63, 3.8) is 0 Å². The largest absolute Gasteiger partial charge is 0.497 e. The van der Waals surface area contributed by atoms with Gasteiger partial charge >= 0.3 is 0 Å². The Morgan fingerprint density at radius 2 is 1.60 bits per heavy atom. The summed E-state index contributed by atoms with van der Waals surface area (Å²) in [4.78, 5) is 0. The van der Waals surface area contributed by atoms with Gasteiger partial charge in [0.15, 0.2) is 7.05 Å². The summed E-state index contributed by atoms with van der Waals surface area (Å²) in [7, 11) is 3.57. The van der Waals surface area contributed by atoms with E-state index in [0.29, 0.717) is 0 Å². The van der Waals surface area contributed by atoms with Crippen molar-refractivity contribution in [3.8, 4) is 28.3 Å². The zero-order chi connectivity index (χ0) is 13.9. The van der Waals surface area contributed by atoms with E-state index in [9.17, 15) is 0 Å². The van der Waals surface area contributed by atoms with Crippen LogP contribution in [0.4, 0.5) is 0 Å². The molecule has 3 nitrogen and oxygen atoms in total. The predicted molar refractivity (Wildman–Crippen MR) is 77.3 cm³/mol. The molecule has 1 heterocycles. The van der Waals surface area contributed by atoms with Crippen molar-refractivity contribution in [1.82, 2.24) is 0 Å². The number of aromatic nitrogens is 1. The van der Waals surface area contributed by atoms with Crippen molar-refractivity contribution >= 4 is 0 Å². The van der Waals surface area contributed by atoms with Crippen molar-refractivity contribution < 1.29 is 14.0 Å². The molecule has 0 saturated heterocycles. The molecular formula is C17H16NO2+. The molecule has 0 aliphatic heterocycles. The van der Waals surface area contributed by atoms with Gasteiger partial charge in [-0.3, -0.25) is 0 Å². The fourth-order valence-corrected chi connectivity index (χ4v) is 2.20. The highest BCUT2D eigenvalue weighted by molar-refractivity contribution is 5.65. The molecule has 0 aliphatic carbocycles. The summed E-state index contributed by atoms with van der Waals surface area (Å²) >= 11 is 0. The van der Waals surface area contributed by atoms with Crippen LogP contribution in [-0.2, 0) is 7.05 Å². The molecule has 0 bridgehead atoms. The van der Waals surface area contributed by atoms with Crippen LogP contribution in [0.25, 0.3) is 22.6 Å². The van der Waals surface area contributed by atoms with Gasteiger partial charge in [-0.15, -0.1) is 0 Å². The minimum absolute atomic E-state index is 0.841. The Bertz CT molecular complexity index is 700. The Labute approximate surface area is 118 Å². The first kappa shape index (κ1) is 12.5. The lowest BCUT2D eigenvalue weighted by Gasteiger charge is -1.98. The van der Waals surface area contributed by atoms with Crippen molar-refractivity contribution in [2.24, 2.45) is 7.05 Å². The van der Waals surface area contributed by atoms with Gasteiger partial charge in [-0.25, -0.2) is 4.52 Å². The molecule has 0 atom stereocenters. The first-order chi connectivity index (χ1) is 9.78. The Morgan fingerprint density at radius 3 is 2.25 bits per heavy atom. The van der Waals surface area contributed by atoms with Gasteiger partial charge in [-0.2, -0.15) is 0 Å². The lowest BCUT2D eigenvalue weighted by molar-refractivity contribution is -0.834. The normalized spacial score (nSPS) is 10.5. The van der Waals surface area contributed by atoms with Gasteiger partial charge in [0.1, 0.15) is 5.75 Å². The van der Waals surface area contributed by atoms with Gasteiger partial charge in [0.2, 0.25) is 5.76 Å². The molecule has 0 radical (unpaired) electrons.